The quantitative estimate of drug-likeness (QED) is 0.817. The van der Waals surface area contributed by atoms with Gasteiger partial charge in [0.2, 0.25) is 5.91 Å². The Morgan fingerprint density at radius 2 is 2.11 bits per heavy atom. The minimum absolute atomic E-state index is 0.0414. The predicted molar refractivity (Wildman–Crippen MR) is 74.6 cm³/mol. The van der Waals surface area contributed by atoms with Crippen LogP contribution in [-0.2, 0) is 0 Å². The van der Waals surface area contributed by atoms with Crippen molar-refractivity contribution in [2.75, 3.05) is 5.32 Å². The minimum atomic E-state index is -0.429. The van der Waals surface area contributed by atoms with Gasteiger partial charge in [0.25, 0.3) is 0 Å². The average molecular weight is 257 g/mol. The maximum absolute atomic E-state index is 11.2. The molecule has 1 aliphatic carbocycles. The van der Waals surface area contributed by atoms with Crippen LogP contribution in [0.4, 0.5) is 5.69 Å². The van der Waals surface area contributed by atoms with Crippen molar-refractivity contribution in [3.05, 3.63) is 29.8 Å². The summed E-state index contributed by atoms with van der Waals surface area (Å²) in [5, 5.41) is 12.6. The molecule has 3 N–H and O–H groups in total. The molecule has 0 spiro atoms. The molecule has 1 aliphatic rings. The highest BCUT2D eigenvalue weighted by Gasteiger charge is 2.23. The second kappa shape index (κ2) is 6.24. The largest absolute Gasteiger partial charge is 0.381 e. The summed E-state index contributed by atoms with van der Waals surface area (Å²) in [7, 11) is 0. The number of amides is 1. The molecule has 1 aromatic rings. The van der Waals surface area contributed by atoms with Gasteiger partial charge in [0.1, 0.15) is 0 Å². The number of carbonyl (C=O) groups is 1. The Labute approximate surface area is 113 Å². The fourth-order valence-corrected chi connectivity index (χ4v) is 2.61. The zero-order chi connectivity index (χ0) is 13.7. The maximum atomic E-state index is 11.2. The second-order valence-corrected chi connectivity index (χ2v) is 5.07. The average Bonchev–Trinajstić information content (AvgIpc) is 2.64. The van der Waals surface area contributed by atoms with Crippen molar-refractivity contribution < 1.29 is 4.79 Å². The molecule has 1 aromatic carbocycles. The van der Waals surface area contributed by atoms with E-state index >= 15 is 0 Å². The Hall–Kier alpha value is -2.02. The molecule has 0 radical (unpaired) electrons. The van der Waals surface area contributed by atoms with Gasteiger partial charge in [-0.25, -0.2) is 0 Å². The van der Waals surface area contributed by atoms with E-state index in [2.05, 4.69) is 11.4 Å². The molecule has 0 heterocycles. The molecule has 2 unspecified atom stereocenters. The minimum Gasteiger partial charge on any atom is -0.381 e. The number of anilines is 1. The van der Waals surface area contributed by atoms with Crippen LogP contribution < -0.4 is 11.1 Å². The fraction of sp³-hybridized carbons (Fsp3) is 0.467. The van der Waals surface area contributed by atoms with Crippen LogP contribution in [0.25, 0.3) is 0 Å². The first-order chi connectivity index (χ1) is 9.20. The van der Waals surface area contributed by atoms with Gasteiger partial charge in [-0.15, -0.1) is 0 Å². The number of nitriles is 1. The summed E-state index contributed by atoms with van der Waals surface area (Å²) in [5.74, 6) is -0.388. The molecule has 0 aromatic heterocycles. The topological polar surface area (TPSA) is 78.9 Å². The first-order valence-corrected chi connectivity index (χ1v) is 6.76. The fourth-order valence-electron chi connectivity index (χ4n) is 2.61. The molecule has 2 rings (SSSR count). The second-order valence-electron chi connectivity index (χ2n) is 5.07. The van der Waals surface area contributed by atoms with Crippen LogP contribution in [0.15, 0.2) is 24.3 Å². The van der Waals surface area contributed by atoms with E-state index in [0.717, 1.165) is 31.4 Å². The third-order valence-corrected chi connectivity index (χ3v) is 3.68. The van der Waals surface area contributed by atoms with E-state index < -0.39 is 5.91 Å². The summed E-state index contributed by atoms with van der Waals surface area (Å²) >= 11 is 0. The lowest BCUT2D eigenvalue weighted by atomic mass is 9.96. The van der Waals surface area contributed by atoms with Crippen LogP contribution in [0, 0.1) is 17.2 Å². The van der Waals surface area contributed by atoms with Gasteiger partial charge in [-0.05, 0) is 31.0 Å². The molecule has 4 nitrogen and oxygen atoms in total. The summed E-state index contributed by atoms with van der Waals surface area (Å²) in [4.78, 5) is 11.2. The van der Waals surface area contributed by atoms with Gasteiger partial charge < -0.3 is 11.1 Å². The van der Waals surface area contributed by atoms with Crippen molar-refractivity contribution >= 4 is 11.6 Å². The van der Waals surface area contributed by atoms with Crippen LogP contribution in [0.1, 0.15) is 42.5 Å². The number of primary amides is 1. The SMILES string of the molecule is N#CC1CCCCCC1Nc1cccc(C(N)=O)c1. The van der Waals surface area contributed by atoms with Gasteiger partial charge in [-0.1, -0.05) is 25.3 Å². The van der Waals surface area contributed by atoms with Crippen molar-refractivity contribution in [1.29, 1.82) is 5.26 Å². The molecule has 1 saturated carbocycles. The number of benzene rings is 1. The number of nitrogens with two attached hydrogens (primary N) is 1. The third kappa shape index (κ3) is 3.47. The maximum Gasteiger partial charge on any atom is 0.248 e. The Bertz CT molecular complexity index is 492. The number of hydrogen-bond donors (Lipinski definition) is 2. The Kier molecular flexibility index (Phi) is 4.40. The number of nitrogens with zero attached hydrogens (tertiary/aromatic N) is 1. The Balaban J connectivity index is 2.12. The lowest BCUT2D eigenvalue weighted by Gasteiger charge is -2.22. The first kappa shape index (κ1) is 13.4. The van der Waals surface area contributed by atoms with Gasteiger partial charge in [0.15, 0.2) is 0 Å². The van der Waals surface area contributed by atoms with E-state index in [1.54, 1.807) is 18.2 Å². The molecular formula is C15H19N3O. The summed E-state index contributed by atoms with van der Waals surface area (Å²) in [5.41, 5.74) is 6.63. The highest BCUT2D eigenvalue weighted by Crippen LogP contribution is 2.26. The molecule has 1 fully saturated rings. The third-order valence-electron chi connectivity index (χ3n) is 3.68. The predicted octanol–water partition coefficient (Wildman–Crippen LogP) is 2.67. The van der Waals surface area contributed by atoms with Crippen LogP contribution in [0.5, 0.6) is 0 Å². The van der Waals surface area contributed by atoms with Crippen molar-refractivity contribution in [2.24, 2.45) is 11.7 Å². The van der Waals surface area contributed by atoms with Gasteiger partial charge in [0, 0.05) is 17.3 Å². The Morgan fingerprint density at radius 1 is 1.32 bits per heavy atom. The molecule has 2 atom stereocenters. The molecule has 4 heteroatoms. The van der Waals surface area contributed by atoms with Crippen molar-refractivity contribution in [1.82, 2.24) is 0 Å². The van der Waals surface area contributed by atoms with Crippen molar-refractivity contribution in [3.63, 3.8) is 0 Å². The van der Waals surface area contributed by atoms with E-state index in [1.165, 1.54) is 6.42 Å². The van der Waals surface area contributed by atoms with Gasteiger partial charge in [0.05, 0.1) is 12.0 Å². The summed E-state index contributed by atoms with van der Waals surface area (Å²) < 4.78 is 0. The zero-order valence-electron chi connectivity index (χ0n) is 10.9. The van der Waals surface area contributed by atoms with Crippen LogP contribution in [0.2, 0.25) is 0 Å². The number of hydrogen-bond acceptors (Lipinski definition) is 3. The molecule has 19 heavy (non-hydrogen) atoms. The smallest absolute Gasteiger partial charge is 0.248 e. The van der Waals surface area contributed by atoms with Crippen LogP contribution >= 0.6 is 0 Å². The summed E-state index contributed by atoms with van der Waals surface area (Å²) in [6.07, 6.45) is 5.41. The van der Waals surface area contributed by atoms with E-state index in [0.29, 0.717) is 5.56 Å². The molecule has 0 bridgehead atoms. The van der Waals surface area contributed by atoms with E-state index in [9.17, 15) is 10.1 Å². The summed E-state index contributed by atoms with van der Waals surface area (Å²) in [6, 6.07) is 9.72. The lowest BCUT2D eigenvalue weighted by molar-refractivity contribution is 0.100. The summed E-state index contributed by atoms with van der Waals surface area (Å²) in [6.45, 7) is 0. The van der Waals surface area contributed by atoms with Crippen molar-refractivity contribution in [2.45, 2.75) is 38.1 Å². The number of carbonyl (C=O) groups excluding carboxylic acids is 1. The highest BCUT2D eigenvalue weighted by atomic mass is 16.1. The van der Waals surface area contributed by atoms with Crippen molar-refractivity contribution in [3.8, 4) is 6.07 Å². The van der Waals surface area contributed by atoms with E-state index in [1.807, 2.05) is 6.07 Å². The number of rotatable bonds is 3. The monoisotopic (exact) mass is 257 g/mol. The van der Waals surface area contributed by atoms with E-state index in [-0.39, 0.29) is 12.0 Å². The normalized spacial score (nSPS) is 23.1. The molecule has 100 valence electrons. The molecule has 0 aliphatic heterocycles. The molecular weight excluding hydrogens is 238 g/mol. The standard InChI is InChI=1S/C15H19N3O/c16-10-12-5-2-1-3-8-14(12)18-13-7-4-6-11(9-13)15(17)19/h4,6-7,9,12,14,18H,1-3,5,8H2,(H2,17,19). The first-order valence-electron chi connectivity index (χ1n) is 6.76. The van der Waals surface area contributed by atoms with Gasteiger partial charge >= 0.3 is 0 Å². The zero-order valence-corrected chi connectivity index (χ0v) is 10.9. The molecule has 1 amide bonds. The lowest BCUT2D eigenvalue weighted by Crippen LogP contribution is -2.27. The molecule has 0 saturated heterocycles. The highest BCUT2D eigenvalue weighted by molar-refractivity contribution is 5.93. The van der Waals surface area contributed by atoms with Gasteiger partial charge in [-0.3, -0.25) is 4.79 Å². The number of nitrogens with one attached hydrogen (secondary N) is 1. The van der Waals surface area contributed by atoms with Gasteiger partial charge in [-0.2, -0.15) is 5.26 Å². The van der Waals surface area contributed by atoms with E-state index in [4.69, 9.17) is 5.73 Å². The van der Waals surface area contributed by atoms with Crippen LogP contribution in [-0.4, -0.2) is 11.9 Å². The Morgan fingerprint density at radius 3 is 2.84 bits per heavy atom. The van der Waals surface area contributed by atoms with Crippen LogP contribution in [0.3, 0.4) is 0 Å².